The average Bonchev–Trinajstić information content (AvgIpc) is 2.01. The Morgan fingerprint density at radius 1 is 1.67 bits per heavy atom. The molecular formula is C8H10BrN3. The van der Waals surface area contributed by atoms with E-state index in [1.165, 1.54) is 0 Å². The Labute approximate surface area is 79.8 Å². The van der Waals surface area contributed by atoms with Crippen LogP contribution in [0, 0.1) is 6.92 Å². The molecule has 0 aliphatic carbocycles. The number of rotatable bonds is 1. The van der Waals surface area contributed by atoms with E-state index in [1.54, 1.807) is 13.3 Å². The van der Waals surface area contributed by atoms with Gasteiger partial charge >= 0.3 is 0 Å². The molecule has 0 aromatic carbocycles. The van der Waals surface area contributed by atoms with Gasteiger partial charge in [0.2, 0.25) is 0 Å². The van der Waals surface area contributed by atoms with Crippen molar-refractivity contribution in [3.05, 3.63) is 21.8 Å². The summed E-state index contributed by atoms with van der Waals surface area (Å²) in [7, 11) is 1.70. The third-order valence-electron chi connectivity index (χ3n) is 1.48. The number of anilines is 1. The number of nitrogens with two attached hydrogens (primary N) is 1. The van der Waals surface area contributed by atoms with Crippen molar-refractivity contribution < 1.29 is 0 Å². The molecule has 2 N–H and O–H groups in total. The fourth-order valence-corrected chi connectivity index (χ4v) is 1.19. The maximum atomic E-state index is 5.65. The van der Waals surface area contributed by atoms with Crippen LogP contribution in [-0.2, 0) is 0 Å². The molecule has 0 atom stereocenters. The van der Waals surface area contributed by atoms with Crippen LogP contribution in [0.25, 0.3) is 0 Å². The molecule has 0 bridgehead atoms. The van der Waals surface area contributed by atoms with E-state index in [1.807, 2.05) is 13.0 Å². The van der Waals surface area contributed by atoms with Crippen LogP contribution in [0.5, 0.6) is 0 Å². The summed E-state index contributed by atoms with van der Waals surface area (Å²) in [5.74, 6) is 0.515. The molecule has 64 valence electrons. The van der Waals surface area contributed by atoms with Gasteiger partial charge in [-0.05, 0) is 28.9 Å². The number of nitrogens with zero attached hydrogens (tertiary/aromatic N) is 2. The normalized spacial score (nSPS) is 10.9. The van der Waals surface area contributed by atoms with E-state index in [2.05, 4.69) is 25.9 Å². The van der Waals surface area contributed by atoms with E-state index >= 15 is 0 Å². The number of pyridine rings is 1. The van der Waals surface area contributed by atoms with Gasteiger partial charge < -0.3 is 5.73 Å². The van der Waals surface area contributed by atoms with Crippen molar-refractivity contribution in [2.45, 2.75) is 6.92 Å². The molecule has 0 saturated carbocycles. The Balaban J connectivity index is 3.23. The summed E-state index contributed by atoms with van der Waals surface area (Å²) in [5.41, 5.74) is 7.39. The number of halogens is 1. The minimum atomic E-state index is 0.515. The second-order valence-electron chi connectivity index (χ2n) is 2.42. The standard InChI is InChI=1S/C8H10BrN3/c1-5-7(9)3-6(4-11-2)8(10)12-5/h3-4H,1-2H3,(H2,10,12). The van der Waals surface area contributed by atoms with Gasteiger partial charge in [0, 0.05) is 23.3 Å². The number of aliphatic imine (C=N–C) groups is 1. The van der Waals surface area contributed by atoms with Crippen molar-refractivity contribution >= 4 is 28.0 Å². The predicted molar refractivity (Wildman–Crippen MR) is 54.6 cm³/mol. The van der Waals surface area contributed by atoms with Crippen LogP contribution < -0.4 is 5.73 Å². The molecular weight excluding hydrogens is 218 g/mol. The van der Waals surface area contributed by atoms with Gasteiger partial charge in [0.1, 0.15) is 5.82 Å². The van der Waals surface area contributed by atoms with Crippen molar-refractivity contribution in [3.63, 3.8) is 0 Å². The minimum absolute atomic E-state index is 0.515. The summed E-state index contributed by atoms with van der Waals surface area (Å²) in [6, 6.07) is 1.91. The lowest BCUT2D eigenvalue weighted by Gasteiger charge is -2.02. The topological polar surface area (TPSA) is 51.3 Å². The Kier molecular flexibility index (Phi) is 2.81. The lowest BCUT2D eigenvalue weighted by atomic mass is 10.2. The SMILES string of the molecule is CN=Cc1cc(Br)c(C)nc1N. The number of aryl methyl sites for hydroxylation is 1. The van der Waals surface area contributed by atoms with E-state index in [9.17, 15) is 0 Å². The molecule has 1 heterocycles. The third kappa shape index (κ3) is 1.82. The lowest BCUT2D eigenvalue weighted by molar-refractivity contribution is 1.18. The fraction of sp³-hybridized carbons (Fsp3) is 0.250. The van der Waals surface area contributed by atoms with Crippen LogP contribution in [0.4, 0.5) is 5.82 Å². The molecule has 12 heavy (non-hydrogen) atoms. The van der Waals surface area contributed by atoms with E-state index in [4.69, 9.17) is 5.73 Å². The molecule has 0 amide bonds. The zero-order chi connectivity index (χ0) is 9.14. The molecule has 0 fully saturated rings. The van der Waals surface area contributed by atoms with Crippen LogP contribution in [-0.4, -0.2) is 18.2 Å². The summed E-state index contributed by atoms with van der Waals surface area (Å²) in [6.07, 6.45) is 1.69. The Hall–Kier alpha value is -0.900. The van der Waals surface area contributed by atoms with Crippen molar-refractivity contribution in [1.29, 1.82) is 0 Å². The first-order valence-corrected chi connectivity index (χ1v) is 4.29. The molecule has 0 spiro atoms. The van der Waals surface area contributed by atoms with Gasteiger partial charge in [0.15, 0.2) is 0 Å². The van der Waals surface area contributed by atoms with Gasteiger partial charge in [-0.3, -0.25) is 4.99 Å². The summed E-state index contributed by atoms with van der Waals surface area (Å²) >= 11 is 3.37. The molecule has 0 unspecified atom stereocenters. The fourth-order valence-electron chi connectivity index (χ4n) is 0.856. The van der Waals surface area contributed by atoms with Gasteiger partial charge in [-0.15, -0.1) is 0 Å². The summed E-state index contributed by atoms with van der Waals surface area (Å²) < 4.78 is 0.951. The third-order valence-corrected chi connectivity index (χ3v) is 2.28. The molecule has 3 nitrogen and oxygen atoms in total. The molecule has 0 radical (unpaired) electrons. The monoisotopic (exact) mass is 227 g/mol. The molecule has 0 saturated heterocycles. The van der Waals surface area contributed by atoms with Gasteiger partial charge in [0.25, 0.3) is 0 Å². The molecule has 0 aliphatic heterocycles. The van der Waals surface area contributed by atoms with Gasteiger partial charge in [0.05, 0.1) is 5.69 Å². The number of aromatic nitrogens is 1. The van der Waals surface area contributed by atoms with Crippen LogP contribution in [0.2, 0.25) is 0 Å². The first-order chi connectivity index (χ1) is 5.65. The quantitative estimate of drug-likeness (QED) is 0.745. The number of hydrogen-bond donors (Lipinski definition) is 1. The number of hydrogen-bond acceptors (Lipinski definition) is 3. The van der Waals surface area contributed by atoms with Gasteiger partial charge in [-0.2, -0.15) is 0 Å². The first-order valence-electron chi connectivity index (χ1n) is 3.50. The van der Waals surface area contributed by atoms with Crippen LogP contribution in [0.15, 0.2) is 15.5 Å². The maximum absolute atomic E-state index is 5.65. The molecule has 1 aromatic rings. The summed E-state index contributed by atoms with van der Waals surface area (Å²) in [5, 5.41) is 0. The van der Waals surface area contributed by atoms with E-state index in [0.29, 0.717) is 5.82 Å². The minimum Gasteiger partial charge on any atom is -0.383 e. The lowest BCUT2D eigenvalue weighted by Crippen LogP contribution is -1.99. The highest BCUT2D eigenvalue weighted by Crippen LogP contribution is 2.18. The zero-order valence-corrected chi connectivity index (χ0v) is 8.59. The van der Waals surface area contributed by atoms with Crippen molar-refractivity contribution in [2.75, 3.05) is 12.8 Å². The molecule has 1 aromatic heterocycles. The van der Waals surface area contributed by atoms with E-state index < -0.39 is 0 Å². The Bertz CT molecular complexity index is 320. The predicted octanol–water partition coefficient (Wildman–Crippen LogP) is 1.78. The molecule has 0 aliphatic rings. The van der Waals surface area contributed by atoms with Crippen LogP contribution in [0.3, 0.4) is 0 Å². The van der Waals surface area contributed by atoms with E-state index in [-0.39, 0.29) is 0 Å². The smallest absolute Gasteiger partial charge is 0.132 e. The average molecular weight is 228 g/mol. The summed E-state index contributed by atoms with van der Waals surface area (Å²) in [6.45, 7) is 1.90. The largest absolute Gasteiger partial charge is 0.383 e. The highest BCUT2D eigenvalue weighted by molar-refractivity contribution is 9.10. The Morgan fingerprint density at radius 2 is 2.33 bits per heavy atom. The summed E-state index contributed by atoms with van der Waals surface area (Å²) in [4.78, 5) is 8.00. The van der Waals surface area contributed by atoms with Crippen molar-refractivity contribution in [1.82, 2.24) is 4.98 Å². The van der Waals surface area contributed by atoms with Crippen molar-refractivity contribution in [3.8, 4) is 0 Å². The van der Waals surface area contributed by atoms with Crippen molar-refractivity contribution in [2.24, 2.45) is 4.99 Å². The van der Waals surface area contributed by atoms with Gasteiger partial charge in [-0.25, -0.2) is 4.98 Å². The highest BCUT2D eigenvalue weighted by atomic mass is 79.9. The number of nitrogen functional groups attached to an aromatic ring is 1. The highest BCUT2D eigenvalue weighted by Gasteiger charge is 2.01. The van der Waals surface area contributed by atoms with Crippen LogP contribution >= 0.6 is 15.9 Å². The van der Waals surface area contributed by atoms with E-state index in [0.717, 1.165) is 15.7 Å². The zero-order valence-electron chi connectivity index (χ0n) is 7.00. The van der Waals surface area contributed by atoms with Crippen LogP contribution in [0.1, 0.15) is 11.3 Å². The molecule has 1 rings (SSSR count). The van der Waals surface area contributed by atoms with Gasteiger partial charge in [-0.1, -0.05) is 0 Å². The second-order valence-corrected chi connectivity index (χ2v) is 3.27. The maximum Gasteiger partial charge on any atom is 0.132 e. The molecule has 4 heteroatoms. The first kappa shape index (κ1) is 9.19. The Morgan fingerprint density at radius 3 is 2.92 bits per heavy atom. The second kappa shape index (κ2) is 3.67.